The van der Waals surface area contributed by atoms with Crippen LogP contribution in [0.4, 0.5) is 0 Å². The van der Waals surface area contributed by atoms with Crippen molar-refractivity contribution in [2.45, 2.75) is 25.9 Å². The molecule has 2 aromatic rings. The average molecular weight is 301 g/mol. The lowest BCUT2D eigenvalue weighted by atomic mass is 10.1. The normalized spacial score (nSPS) is 16.6. The van der Waals surface area contributed by atoms with Crippen LogP contribution >= 0.6 is 12.2 Å². The van der Waals surface area contributed by atoms with E-state index in [1.165, 1.54) is 19.3 Å². The van der Waals surface area contributed by atoms with Crippen LogP contribution < -0.4 is 0 Å². The zero-order chi connectivity index (χ0) is 14.5. The molecule has 0 N–H and O–H groups in total. The molecular weight excluding hydrogens is 282 g/mol. The largest absolute Gasteiger partial charge is 0.284 e. The number of likely N-dealkylation sites (tertiary alicyclic amines) is 1. The minimum Gasteiger partial charge on any atom is -0.284 e. The summed E-state index contributed by atoms with van der Waals surface area (Å²) in [5.41, 5.74) is 1.04. The highest BCUT2D eigenvalue weighted by atomic mass is 32.1. The lowest BCUT2D eigenvalue weighted by molar-refractivity contribution is 0.172. The van der Waals surface area contributed by atoms with E-state index in [0.29, 0.717) is 4.77 Å². The van der Waals surface area contributed by atoms with Gasteiger partial charge in [-0.15, -0.1) is 0 Å². The number of nitrogens with zero attached hydrogens (tertiary/aromatic N) is 5. The highest BCUT2D eigenvalue weighted by Crippen LogP contribution is 2.09. The molecule has 0 spiro atoms. The van der Waals surface area contributed by atoms with E-state index < -0.39 is 0 Å². The third-order valence-electron chi connectivity index (χ3n) is 3.63. The number of hydrogen-bond acceptors (Lipinski definition) is 4. The summed E-state index contributed by atoms with van der Waals surface area (Å²) in [6.45, 7) is 3.01. The van der Waals surface area contributed by atoms with Gasteiger partial charge >= 0.3 is 0 Å². The first-order valence-corrected chi connectivity index (χ1v) is 7.70. The monoisotopic (exact) mass is 301 g/mol. The predicted molar refractivity (Wildman–Crippen MR) is 85.9 cm³/mol. The molecule has 1 aromatic heterocycles. The predicted octanol–water partition coefficient (Wildman–Crippen LogP) is 2.74. The molecule has 1 aliphatic heterocycles. The summed E-state index contributed by atoms with van der Waals surface area (Å²) in [5, 5.41) is 8.72. The van der Waals surface area contributed by atoms with Crippen LogP contribution in [0.5, 0.6) is 0 Å². The summed E-state index contributed by atoms with van der Waals surface area (Å²) in [6, 6.07) is 9.97. The highest BCUT2D eigenvalue weighted by Gasteiger charge is 2.11. The summed E-state index contributed by atoms with van der Waals surface area (Å²) in [6.07, 6.45) is 7.33. The number of aromatic nitrogens is 3. The fraction of sp³-hybridized carbons (Fsp3) is 0.400. The Labute approximate surface area is 129 Å². The molecule has 1 aromatic carbocycles. The number of benzene rings is 1. The number of hydrogen-bond donors (Lipinski definition) is 0. The summed E-state index contributed by atoms with van der Waals surface area (Å²) in [5.74, 6) is 0. The molecular formula is C15H19N5S. The molecule has 5 nitrogen and oxygen atoms in total. The summed E-state index contributed by atoms with van der Waals surface area (Å²) in [7, 11) is 0. The lowest BCUT2D eigenvalue weighted by Gasteiger charge is -2.25. The topological polar surface area (TPSA) is 38.4 Å². The molecule has 110 valence electrons. The van der Waals surface area contributed by atoms with Crippen LogP contribution in [0.1, 0.15) is 24.8 Å². The van der Waals surface area contributed by atoms with Gasteiger partial charge in [0.05, 0.1) is 12.9 Å². The van der Waals surface area contributed by atoms with Gasteiger partial charge in [-0.2, -0.15) is 14.9 Å². The van der Waals surface area contributed by atoms with E-state index in [1.807, 2.05) is 35.0 Å². The van der Waals surface area contributed by atoms with E-state index in [-0.39, 0.29) is 0 Å². The Morgan fingerprint density at radius 1 is 1.14 bits per heavy atom. The Balaban J connectivity index is 1.70. The number of rotatable bonds is 4. The molecule has 0 radical (unpaired) electrons. The van der Waals surface area contributed by atoms with E-state index in [9.17, 15) is 0 Å². The van der Waals surface area contributed by atoms with Gasteiger partial charge in [-0.05, 0) is 43.7 Å². The van der Waals surface area contributed by atoms with Crippen molar-refractivity contribution in [2.75, 3.05) is 13.1 Å². The second kappa shape index (κ2) is 6.78. The minimum absolute atomic E-state index is 0.632. The smallest absolute Gasteiger partial charge is 0.220 e. The SMILES string of the molecule is S=c1n(N=Cc2ccccc2)cnn1CN1CCCCC1. The van der Waals surface area contributed by atoms with Crippen LogP contribution in [0.15, 0.2) is 41.8 Å². The van der Waals surface area contributed by atoms with E-state index in [4.69, 9.17) is 12.2 Å². The molecule has 1 saturated heterocycles. The Morgan fingerprint density at radius 3 is 2.67 bits per heavy atom. The summed E-state index contributed by atoms with van der Waals surface area (Å²) in [4.78, 5) is 2.39. The second-order valence-electron chi connectivity index (χ2n) is 5.23. The lowest BCUT2D eigenvalue weighted by Crippen LogP contribution is -2.32. The van der Waals surface area contributed by atoms with Crippen molar-refractivity contribution < 1.29 is 0 Å². The first-order valence-electron chi connectivity index (χ1n) is 7.29. The van der Waals surface area contributed by atoms with Crippen molar-refractivity contribution >= 4 is 18.4 Å². The van der Waals surface area contributed by atoms with Crippen LogP contribution in [0.25, 0.3) is 0 Å². The second-order valence-corrected chi connectivity index (χ2v) is 5.60. The molecule has 0 aliphatic carbocycles. The Hall–Kier alpha value is -1.79. The van der Waals surface area contributed by atoms with Gasteiger partial charge in [-0.25, -0.2) is 4.68 Å². The molecule has 1 aliphatic rings. The van der Waals surface area contributed by atoms with Crippen LogP contribution in [0.3, 0.4) is 0 Å². The first kappa shape index (κ1) is 14.2. The molecule has 6 heteroatoms. The van der Waals surface area contributed by atoms with Gasteiger partial charge in [-0.3, -0.25) is 4.90 Å². The maximum atomic E-state index is 5.43. The quantitative estimate of drug-likeness (QED) is 0.644. The molecule has 1 fully saturated rings. The van der Waals surface area contributed by atoms with E-state index in [0.717, 1.165) is 25.3 Å². The van der Waals surface area contributed by atoms with Gasteiger partial charge in [0.15, 0.2) is 0 Å². The third kappa shape index (κ3) is 3.65. The van der Waals surface area contributed by atoms with Gasteiger partial charge in [0, 0.05) is 0 Å². The van der Waals surface area contributed by atoms with Gasteiger partial charge in [0.25, 0.3) is 0 Å². The summed E-state index contributed by atoms with van der Waals surface area (Å²) >= 11 is 5.43. The third-order valence-corrected chi connectivity index (χ3v) is 4.03. The van der Waals surface area contributed by atoms with E-state index in [1.54, 1.807) is 17.2 Å². The van der Waals surface area contributed by atoms with Gasteiger partial charge in [0.2, 0.25) is 4.77 Å². The molecule has 0 saturated carbocycles. The standard InChI is InChI=1S/C15H19N5S/c21-15-19(16-11-14-7-3-1-4-8-14)12-17-20(15)13-18-9-5-2-6-10-18/h1,3-4,7-8,11-12H,2,5-6,9-10,13H2. The van der Waals surface area contributed by atoms with Crippen molar-refractivity contribution in [3.05, 3.63) is 47.0 Å². The van der Waals surface area contributed by atoms with Gasteiger partial charge in [0.1, 0.15) is 6.33 Å². The Kier molecular flexibility index (Phi) is 4.57. The van der Waals surface area contributed by atoms with Crippen LogP contribution in [0, 0.1) is 4.77 Å². The summed E-state index contributed by atoms with van der Waals surface area (Å²) < 4.78 is 4.11. The van der Waals surface area contributed by atoms with Crippen LogP contribution in [-0.2, 0) is 6.67 Å². The molecule has 2 heterocycles. The van der Waals surface area contributed by atoms with Crippen molar-refractivity contribution in [2.24, 2.45) is 5.10 Å². The molecule has 0 amide bonds. The van der Waals surface area contributed by atoms with Crippen molar-refractivity contribution in [3.63, 3.8) is 0 Å². The molecule has 0 unspecified atom stereocenters. The van der Waals surface area contributed by atoms with E-state index in [2.05, 4.69) is 15.1 Å². The van der Waals surface area contributed by atoms with Crippen molar-refractivity contribution in [1.82, 2.24) is 19.4 Å². The Bertz CT molecular complexity index is 652. The van der Waals surface area contributed by atoms with Crippen molar-refractivity contribution in [3.8, 4) is 0 Å². The number of piperidine rings is 1. The van der Waals surface area contributed by atoms with Crippen molar-refractivity contribution in [1.29, 1.82) is 0 Å². The molecule has 3 rings (SSSR count). The van der Waals surface area contributed by atoms with Gasteiger partial charge in [-0.1, -0.05) is 36.8 Å². The molecule has 0 atom stereocenters. The van der Waals surface area contributed by atoms with E-state index >= 15 is 0 Å². The fourth-order valence-corrected chi connectivity index (χ4v) is 2.66. The average Bonchev–Trinajstić information content (AvgIpc) is 2.88. The maximum absolute atomic E-state index is 5.43. The van der Waals surface area contributed by atoms with Crippen LogP contribution in [0.2, 0.25) is 0 Å². The zero-order valence-electron chi connectivity index (χ0n) is 11.9. The zero-order valence-corrected chi connectivity index (χ0v) is 12.7. The first-order chi connectivity index (χ1) is 10.3. The minimum atomic E-state index is 0.632. The van der Waals surface area contributed by atoms with Gasteiger partial charge < -0.3 is 0 Å². The fourth-order valence-electron chi connectivity index (χ4n) is 2.46. The van der Waals surface area contributed by atoms with Crippen LogP contribution in [-0.4, -0.2) is 38.7 Å². The highest BCUT2D eigenvalue weighted by molar-refractivity contribution is 7.71. The maximum Gasteiger partial charge on any atom is 0.220 e. The Morgan fingerprint density at radius 2 is 1.90 bits per heavy atom. The molecule has 21 heavy (non-hydrogen) atoms. The molecule has 0 bridgehead atoms.